The standard InChI is InChI=1S/C21H20N2/c1-3-4-5-9-12-19-21(17-10-7-6-8-11-17)23-18-14-13-16(2)15-20(18)22-19/h3-11,13-15H,12H2,1-2H3/b4-3-,9-5-. The third kappa shape index (κ3) is 3.54. The molecule has 1 heterocycles. The second kappa shape index (κ2) is 7.01. The van der Waals surface area contributed by atoms with Crippen LogP contribution < -0.4 is 0 Å². The predicted molar refractivity (Wildman–Crippen MR) is 97.4 cm³/mol. The summed E-state index contributed by atoms with van der Waals surface area (Å²) in [5.74, 6) is 0. The maximum Gasteiger partial charge on any atom is 0.0928 e. The van der Waals surface area contributed by atoms with Crippen molar-refractivity contribution >= 4 is 11.0 Å². The molecule has 0 spiro atoms. The molecule has 3 aromatic rings. The highest BCUT2D eigenvalue weighted by atomic mass is 14.8. The molecule has 2 nitrogen and oxygen atoms in total. The van der Waals surface area contributed by atoms with E-state index in [-0.39, 0.29) is 0 Å². The number of fused-ring (bicyclic) bond motifs is 1. The number of aromatic nitrogens is 2. The van der Waals surface area contributed by atoms with Crippen LogP contribution in [0, 0.1) is 6.92 Å². The molecule has 3 rings (SSSR count). The zero-order valence-corrected chi connectivity index (χ0v) is 13.5. The van der Waals surface area contributed by atoms with Crippen molar-refractivity contribution in [2.75, 3.05) is 0 Å². The van der Waals surface area contributed by atoms with Gasteiger partial charge in [-0.15, -0.1) is 0 Å². The van der Waals surface area contributed by atoms with Gasteiger partial charge < -0.3 is 0 Å². The molecule has 1 aromatic heterocycles. The Morgan fingerprint density at radius 3 is 2.52 bits per heavy atom. The van der Waals surface area contributed by atoms with Gasteiger partial charge in [-0.2, -0.15) is 0 Å². The van der Waals surface area contributed by atoms with Crippen LogP contribution in [0.5, 0.6) is 0 Å². The fourth-order valence-corrected chi connectivity index (χ4v) is 2.54. The summed E-state index contributed by atoms with van der Waals surface area (Å²) in [6.45, 7) is 4.09. The summed E-state index contributed by atoms with van der Waals surface area (Å²) < 4.78 is 0. The Morgan fingerprint density at radius 2 is 1.74 bits per heavy atom. The van der Waals surface area contributed by atoms with E-state index in [1.807, 2.05) is 43.3 Å². The molecule has 0 bridgehead atoms. The summed E-state index contributed by atoms with van der Waals surface area (Å²) in [4.78, 5) is 9.74. The second-order valence-corrected chi connectivity index (χ2v) is 5.54. The predicted octanol–water partition coefficient (Wildman–Crippen LogP) is 5.28. The maximum absolute atomic E-state index is 4.87. The number of hydrogen-bond donors (Lipinski definition) is 0. The molecule has 23 heavy (non-hydrogen) atoms. The Bertz CT molecular complexity index is 862. The van der Waals surface area contributed by atoms with Crippen molar-refractivity contribution in [3.63, 3.8) is 0 Å². The van der Waals surface area contributed by atoms with Crippen LogP contribution in [-0.4, -0.2) is 9.97 Å². The fourth-order valence-electron chi connectivity index (χ4n) is 2.54. The van der Waals surface area contributed by atoms with Gasteiger partial charge >= 0.3 is 0 Å². The molecule has 114 valence electrons. The van der Waals surface area contributed by atoms with Gasteiger partial charge in [0.15, 0.2) is 0 Å². The van der Waals surface area contributed by atoms with Crippen LogP contribution in [0.2, 0.25) is 0 Å². The summed E-state index contributed by atoms with van der Waals surface area (Å²) in [6, 6.07) is 16.5. The lowest BCUT2D eigenvalue weighted by molar-refractivity contribution is 1.11. The fraction of sp³-hybridized carbons (Fsp3) is 0.143. The molecular weight excluding hydrogens is 280 g/mol. The van der Waals surface area contributed by atoms with Gasteiger partial charge in [0, 0.05) is 12.0 Å². The van der Waals surface area contributed by atoms with Crippen LogP contribution in [0.3, 0.4) is 0 Å². The van der Waals surface area contributed by atoms with Gasteiger partial charge in [-0.05, 0) is 31.5 Å². The lowest BCUT2D eigenvalue weighted by Gasteiger charge is -2.09. The third-order valence-electron chi connectivity index (χ3n) is 3.69. The van der Waals surface area contributed by atoms with Crippen LogP contribution in [0.4, 0.5) is 0 Å². The highest BCUT2D eigenvalue weighted by molar-refractivity contribution is 5.79. The number of rotatable bonds is 4. The number of benzene rings is 2. The molecule has 0 N–H and O–H groups in total. The quantitative estimate of drug-likeness (QED) is 0.613. The van der Waals surface area contributed by atoms with Gasteiger partial charge in [-0.1, -0.05) is 60.7 Å². The molecule has 0 unspecified atom stereocenters. The minimum atomic E-state index is 0.769. The third-order valence-corrected chi connectivity index (χ3v) is 3.69. The molecular formula is C21H20N2. The van der Waals surface area contributed by atoms with Crippen molar-refractivity contribution in [1.29, 1.82) is 0 Å². The Kier molecular flexibility index (Phi) is 4.62. The average molecular weight is 300 g/mol. The molecule has 0 atom stereocenters. The van der Waals surface area contributed by atoms with Crippen molar-refractivity contribution < 1.29 is 0 Å². The Balaban J connectivity index is 2.12. The summed E-state index contributed by atoms with van der Waals surface area (Å²) in [5.41, 5.74) is 6.18. The molecule has 0 saturated heterocycles. The monoisotopic (exact) mass is 300 g/mol. The first kappa shape index (κ1) is 15.2. The van der Waals surface area contributed by atoms with E-state index >= 15 is 0 Å². The van der Waals surface area contributed by atoms with Crippen molar-refractivity contribution in [2.45, 2.75) is 20.3 Å². The molecule has 0 aliphatic rings. The van der Waals surface area contributed by atoms with Gasteiger partial charge in [0.2, 0.25) is 0 Å². The van der Waals surface area contributed by atoms with Gasteiger partial charge in [0.1, 0.15) is 0 Å². The van der Waals surface area contributed by atoms with Crippen molar-refractivity contribution in [1.82, 2.24) is 9.97 Å². The SMILES string of the molecule is C/C=C\C=C/Cc1nc2cc(C)ccc2nc1-c1ccccc1. The van der Waals surface area contributed by atoms with E-state index in [2.05, 4.69) is 43.3 Å². The van der Waals surface area contributed by atoms with Crippen molar-refractivity contribution in [3.05, 3.63) is 84.1 Å². The van der Waals surface area contributed by atoms with E-state index < -0.39 is 0 Å². The van der Waals surface area contributed by atoms with Crippen LogP contribution in [0.1, 0.15) is 18.2 Å². The van der Waals surface area contributed by atoms with E-state index in [4.69, 9.17) is 9.97 Å². The first-order chi connectivity index (χ1) is 11.3. The minimum absolute atomic E-state index is 0.769. The zero-order valence-electron chi connectivity index (χ0n) is 13.5. The molecule has 2 aromatic carbocycles. The Hall–Kier alpha value is -2.74. The average Bonchev–Trinajstić information content (AvgIpc) is 2.59. The smallest absolute Gasteiger partial charge is 0.0928 e. The molecule has 0 aliphatic heterocycles. The maximum atomic E-state index is 4.87. The molecule has 0 aliphatic carbocycles. The normalized spacial score (nSPS) is 11.7. The van der Waals surface area contributed by atoms with Gasteiger partial charge in [-0.25, -0.2) is 9.97 Å². The molecule has 0 fully saturated rings. The number of nitrogens with zero attached hydrogens (tertiary/aromatic N) is 2. The Labute approximate surface area is 137 Å². The van der Waals surface area contributed by atoms with E-state index in [0.717, 1.165) is 34.4 Å². The second-order valence-electron chi connectivity index (χ2n) is 5.54. The number of hydrogen-bond acceptors (Lipinski definition) is 2. The topological polar surface area (TPSA) is 25.8 Å². The number of allylic oxidation sites excluding steroid dienone is 4. The van der Waals surface area contributed by atoms with Gasteiger partial charge in [0.25, 0.3) is 0 Å². The van der Waals surface area contributed by atoms with Crippen molar-refractivity contribution in [3.8, 4) is 11.3 Å². The Morgan fingerprint density at radius 1 is 0.913 bits per heavy atom. The largest absolute Gasteiger partial charge is 0.249 e. The first-order valence-electron chi connectivity index (χ1n) is 7.88. The van der Waals surface area contributed by atoms with E-state index in [1.165, 1.54) is 5.56 Å². The van der Waals surface area contributed by atoms with Gasteiger partial charge in [-0.3, -0.25) is 0 Å². The molecule has 0 amide bonds. The minimum Gasteiger partial charge on any atom is -0.249 e. The zero-order chi connectivity index (χ0) is 16.1. The molecule has 2 heteroatoms. The van der Waals surface area contributed by atoms with Crippen LogP contribution in [0.25, 0.3) is 22.3 Å². The van der Waals surface area contributed by atoms with Crippen LogP contribution in [0.15, 0.2) is 72.8 Å². The number of aryl methyl sites for hydroxylation is 1. The molecule has 0 radical (unpaired) electrons. The van der Waals surface area contributed by atoms with E-state index in [1.54, 1.807) is 0 Å². The highest BCUT2D eigenvalue weighted by Crippen LogP contribution is 2.24. The van der Waals surface area contributed by atoms with Crippen molar-refractivity contribution in [2.24, 2.45) is 0 Å². The van der Waals surface area contributed by atoms with Crippen LogP contribution in [-0.2, 0) is 6.42 Å². The lowest BCUT2D eigenvalue weighted by Crippen LogP contribution is -1.98. The van der Waals surface area contributed by atoms with E-state index in [0.29, 0.717) is 0 Å². The summed E-state index contributed by atoms with van der Waals surface area (Å²) >= 11 is 0. The first-order valence-corrected chi connectivity index (χ1v) is 7.88. The summed E-state index contributed by atoms with van der Waals surface area (Å²) in [6.07, 6.45) is 8.99. The highest BCUT2D eigenvalue weighted by Gasteiger charge is 2.10. The van der Waals surface area contributed by atoms with Crippen LogP contribution >= 0.6 is 0 Å². The lowest BCUT2D eigenvalue weighted by atomic mass is 10.1. The molecule has 0 saturated carbocycles. The van der Waals surface area contributed by atoms with Gasteiger partial charge in [0.05, 0.1) is 22.4 Å². The van der Waals surface area contributed by atoms with E-state index in [9.17, 15) is 0 Å². The summed E-state index contributed by atoms with van der Waals surface area (Å²) in [5, 5.41) is 0. The summed E-state index contributed by atoms with van der Waals surface area (Å²) in [7, 11) is 0.